The van der Waals surface area contributed by atoms with E-state index in [1.165, 1.54) is 0 Å². The fourth-order valence-corrected chi connectivity index (χ4v) is 1.21. The molecule has 0 aliphatic carbocycles. The number of carbonyl (C=O) groups is 2. The van der Waals surface area contributed by atoms with Crippen LogP contribution in [-0.4, -0.2) is 23.0 Å². The average molecular weight is 215 g/mol. The third-order valence-corrected chi connectivity index (χ3v) is 2.48. The highest BCUT2D eigenvalue weighted by Gasteiger charge is 2.23. The van der Waals surface area contributed by atoms with Crippen molar-refractivity contribution in [3.63, 3.8) is 0 Å². The highest BCUT2D eigenvalue weighted by Crippen LogP contribution is 2.08. The van der Waals surface area contributed by atoms with Crippen LogP contribution in [0.2, 0.25) is 0 Å². The molecule has 1 amide bonds. The van der Waals surface area contributed by atoms with E-state index in [9.17, 15) is 9.59 Å². The highest BCUT2D eigenvalue weighted by molar-refractivity contribution is 5.83. The Morgan fingerprint density at radius 2 is 1.80 bits per heavy atom. The van der Waals surface area contributed by atoms with Crippen molar-refractivity contribution in [3.8, 4) is 0 Å². The van der Waals surface area contributed by atoms with Crippen LogP contribution in [0.1, 0.15) is 40.5 Å². The monoisotopic (exact) mass is 215 g/mol. The molecule has 4 nitrogen and oxygen atoms in total. The van der Waals surface area contributed by atoms with Crippen LogP contribution in [-0.2, 0) is 9.59 Å². The molecule has 0 aromatic heterocycles. The van der Waals surface area contributed by atoms with Gasteiger partial charge in [0.2, 0.25) is 5.91 Å². The maximum atomic E-state index is 11.5. The van der Waals surface area contributed by atoms with Gasteiger partial charge in [-0.1, -0.05) is 34.1 Å². The highest BCUT2D eigenvalue weighted by atomic mass is 16.4. The number of carboxylic acids is 1. The van der Waals surface area contributed by atoms with Crippen LogP contribution in [0.4, 0.5) is 0 Å². The summed E-state index contributed by atoms with van der Waals surface area (Å²) in [5.41, 5.74) is 0. The first kappa shape index (κ1) is 13.9. The first-order chi connectivity index (χ1) is 6.88. The van der Waals surface area contributed by atoms with Crippen molar-refractivity contribution in [2.45, 2.75) is 46.6 Å². The van der Waals surface area contributed by atoms with Crippen LogP contribution in [0.5, 0.6) is 0 Å². The minimum absolute atomic E-state index is 0.0941. The number of rotatable bonds is 6. The number of carbonyl (C=O) groups excluding carboxylic acids is 1. The van der Waals surface area contributed by atoms with E-state index in [-0.39, 0.29) is 11.8 Å². The Kier molecular flexibility index (Phi) is 5.97. The molecule has 0 bridgehead atoms. The van der Waals surface area contributed by atoms with Gasteiger partial charge in [-0.15, -0.1) is 0 Å². The largest absolute Gasteiger partial charge is 0.480 e. The van der Waals surface area contributed by atoms with Gasteiger partial charge in [-0.25, -0.2) is 4.79 Å². The molecule has 0 aliphatic heterocycles. The summed E-state index contributed by atoms with van der Waals surface area (Å²) in [7, 11) is 0. The second-order valence-corrected chi connectivity index (χ2v) is 4.34. The van der Waals surface area contributed by atoms with E-state index in [1.54, 1.807) is 13.8 Å². The molecular formula is C11H21NO3. The van der Waals surface area contributed by atoms with Gasteiger partial charge in [0, 0.05) is 6.42 Å². The fourth-order valence-electron chi connectivity index (χ4n) is 1.21. The van der Waals surface area contributed by atoms with Crippen LogP contribution in [0, 0.1) is 11.8 Å². The summed E-state index contributed by atoms with van der Waals surface area (Å²) in [5, 5.41) is 11.4. The van der Waals surface area contributed by atoms with Gasteiger partial charge in [0.05, 0.1) is 0 Å². The standard InChI is InChI=1S/C11H21NO3/c1-5-8(4)6-9(13)12-10(7(2)3)11(14)15/h7-8,10H,5-6H2,1-4H3,(H,12,13)(H,14,15)/t8-,10-/m0/s1. The lowest BCUT2D eigenvalue weighted by atomic mass is 10.0. The van der Waals surface area contributed by atoms with E-state index in [0.717, 1.165) is 6.42 Å². The number of aliphatic carboxylic acids is 1. The van der Waals surface area contributed by atoms with Crippen molar-refractivity contribution in [2.75, 3.05) is 0 Å². The van der Waals surface area contributed by atoms with Crippen molar-refractivity contribution in [2.24, 2.45) is 11.8 Å². The quantitative estimate of drug-likeness (QED) is 0.708. The van der Waals surface area contributed by atoms with Crippen molar-refractivity contribution < 1.29 is 14.7 Å². The Balaban J connectivity index is 4.18. The normalized spacial score (nSPS) is 14.7. The lowest BCUT2D eigenvalue weighted by molar-refractivity contribution is -0.143. The van der Waals surface area contributed by atoms with E-state index in [1.807, 2.05) is 13.8 Å². The second kappa shape index (κ2) is 6.43. The zero-order valence-corrected chi connectivity index (χ0v) is 9.91. The summed E-state index contributed by atoms with van der Waals surface area (Å²) in [6.45, 7) is 7.55. The first-order valence-corrected chi connectivity index (χ1v) is 5.40. The molecule has 0 radical (unpaired) electrons. The number of amides is 1. The number of hydrogen-bond donors (Lipinski definition) is 2. The van der Waals surface area contributed by atoms with E-state index in [4.69, 9.17) is 5.11 Å². The predicted molar refractivity (Wildman–Crippen MR) is 58.5 cm³/mol. The van der Waals surface area contributed by atoms with Gasteiger partial charge < -0.3 is 10.4 Å². The number of hydrogen-bond acceptors (Lipinski definition) is 2. The molecule has 0 rings (SSSR count). The molecule has 0 saturated carbocycles. The molecule has 0 aliphatic rings. The SMILES string of the molecule is CC[C@H](C)CC(=O)N[C@H](C(=O)O)C(C)C. The van der Waals surface area contributed by atoms with E-state index in [2.05, 4.69) is 5.32 Å². The van der Waals surface area contributed by atoms with Crippen molar-refractivity contribution >= 4 is 11.9 Å². The van der Waals surface area contributed by atoms with Gasteiger partial charge in [0.1, 0.15) is 6.04 Å². The number of carboxylic acid groups (broad SMARTS) is 1. The number of nitrogens with one attached hydrogen (secondary N) is 1. The summed E-state index contributed by atoms with van der Waals surface area (Å²) in [6.07, 6.45) is 1.32. The summed E-state index contributed by atoms with van der Waals surface area (Å²) in [5.74, 6) is -0.942. The Bertz CT molecular complexity index is 226. The summed E-state index contributed by atoms with van der Waals surface area (Å²) >= 11 is 0. The molecule has 4 heteroatoms. The average Bonchev–Trinajstić information content (AvgIpc) is 2.12. The lowest BCUT2D eigenvalue weighted by Crippen LogP contribution is -2.44. The minimum Gasteiger partial charge on any atom is -0.480 e. The lowest BCUT2D eigenvalue weighted by Gasteiger charge is -2.18. The van der Waals surface area contributed by atoms with Gasteiger partial charge in [-0.05, 0) is 11.8 Å². The van der Waals surface area contributed by atoms with Gasteiger partial charge >= 0.3 is 5.97 Å². The van der Waals surface area contributed by atoms with E-state index in [0.29, 0.717) is 12.3 Å². The maximum Gasteiger partial charge on any atom is 0.326 e. The third-order valence-electron chi connectivity index (χ3n) is 2.48. The van der Waals surface area contributed by atoms with Gasteiger partial charge in [-0.3, -0.25) is 4.79 Å². The molecule has 15 heavy (non-hydrogen) atoms. The van der Waals surface area contributed by atoms with Crippen LogP contribution in [0.3, 0.4) is 0 Å². The minimum atomic E-state index is -0.970. The fraction of sp³-hybridized carbons (Fsp3) is 0.818. The summed E-state index contributed by atoms with van der Waals surface area (Å²) in [4.78, 5) is 22.3. The molecule has 0 fully saturated rings. The van der Waals surface area contributed by atoms with Crippen LogP contribution in [0.15, 0.2) is 0 Å². The molecular weight excluding hydrogens is 194 g/mol. The van der Waals surface area contributed by atoms with Crippen molar-refractivity contribution in [1.82, 2.24) is 5.32 Å². The van der Waals surface area contributed by atoms with Gasteiger partial charge in [-0.2, -0.15) is 0 Å². The van der Waals surface area contributed by atoms with E-state index < -0.39 is 12.0 Å². The summed E-state index contributed by atoms with van der Waals surface area (Å²) in [6, 6.07) is -0.776. The molecule has 2 N–H and O–H groups in total. The van der Waals surface area contributed by atoms with Crippen LogP contribution < -0.4 is 5.32 Å². The van der Waals surface area contributed by atoms with Crippen LogP contribution in [0.25, 0.3) is 0 Å². The zero-order valence-electron chi connectivity index (χ0n) is 9.91. The van der Waals surface area contributed by atoms with E-state index >= 15 is 0 Å². The topological polar surface area (TPSA) is 66.4 Å². The van der Waals surface area contributed by atoms with Gasteiger partial charge in [0.25, 0.3) is 0 Å². The Hall–Kier alpha value is -1.06. The molecule has 0 saturated heterocycles. The molecule has 0 spiro atoms. The molecule has 0 aromatic rings. The predicted octanol–water partition coefficient (Wildman–Crippen LogP) is 1.65. The molecule has 2 atom stereocenters. The smallest absolute Gasteiger partial charge is 0.326 e. The summed E-state index contributed by atoms with van der Waals surface area (Å²) < 4.78 is 0. The first-order valence-electron chi connectivity index (χ1n) is 5.40. The van der Waals surface area contributed by atoms with Gasteiger partial charge in [0.15, 0.2) is 0 Å². The zero-order chi connectivity index (χ0) is 12.0. The van der Waals surface area contributed by atoms with Crippen molar-refractivity contribution in [3.05, 3.63) is 0 Å². The Labute approximate surface area is 91.1 Å². The Morgan fingerprint density at radius 1 is 1.27 bits per heavy atom. The Morgan fingerprint density at radius 3 is 2.13 bits per heavy atom. The molecule has 0 aromatic carbocycles. The molecule has 0 unspecified atom stereocenters. The van der Waals surface area contributed by atoms with Crippen molar-refractivity contribution in [1.29, 1.82) is 0 Å². The second-order valence-electron chi connectivity index (χ2n) is 4.34. The molecule has 88 valence electrons. The molecule has 0 heterocycles. The van der Waals surface area contributed by atoms with Crippen LogP contribution >= 0.6 is 0 Å². The third kappa shape index (κ3) is 5.40. The maximum absolute atomic E-state index is 11.5.